The van der Waals surface area contributed by atoms with Crippen LogP contribution in [0, 0.1) is 10.1 Å². The lowest BCUT2D eigenvalue weighted by molar-refractivity contribution is -0.385. The molecule has 1 aliphatic carbocycles. The first-order valence-corrected chi connectivity index (χ1v) is 6.09. The largest absolute Gasteiger partial charge is 0.339 e. The molecule has 0 N–H and O–H groups in total. The number of carbonyl (C=O) groups excluding carboxylic acids is 1. The van der Waals surface area contributed by atoms with Crippen molar-refractivity contribution in [3.05, 3.63) is 38.9 Å². The Hall–Kier alpha value is -1.62. The summed E-state index contributed by atoms with van der Waals surface area (Å²) in [5, 5.41) is 11.2. The Morgan fingerprint density at radius 1 is 1.50 bits per heavy atom. The Bertz CT molecular complexity index is 500. The Kier molecular flexibility index (Phi) is 3.52. The molecule has 0 bridgehead atoms. The van der Waals surface area contributed by atoms with Gasteiger partial charge in [0, 0.05) is 24.2 Å². The van der Waals surface area contributed by atoms with Crippen LogP contribution in [-0.2, 0) is 0 Å². The van der Waals surface area contributed by atoms with E-state index in [2.05, 4.69) is 0 Å². The van der Waals surface area contributed by atoms with Crippen molar-refractivity contribution in [2.24, 2.45) is 0 Å². The molecule has 1 fully saturated rings. The van der Waals surface area contributed by atoms with Crippen LogP contribution in [0.2, 0.25) is 5.02 Å². The molecule has 0 aromatic heterocycles. The molecule has 1 aromatic carbocycles. The van der Waals surface area contributed by atoms with Crippen molar-refractivity contribution >= 4 is 23.2 Å². The van der Waals surface area contributed by atoms with Gasteiger partial charge in [-0.15, -0.1) is 0 Å². The van der Waals surface area contributed by atoms with Gasteiger partial charge in [-0.2, -0.15) is 0 Å². The molecule has 1 aliphatic rings. The minimum absolute atomic E-state index is 0.0573. The quantitative estimate of drug-likeness (QED) is 0.625. The highest BCUT2D eigenvalue weighted by atomic mass is 35.5. The van der Waals surface area contributed by atoms with E-state index < -0.39 is 4.92 Å². The van der Waals surface area contributed by atoms with Gasteiger partial charge >= 0.3 is 0 Å². The third kappa shape index (κ3) is 2.31. The zero-order chi connectivity index (χ0) is 13.3. The van der Waals surface area contributed by atoms with Gasteiger partial charge in [0.25, 0.3) is 11.6 Å². The Balaban J connectivity index is 2.33. The second-order valence-corrected chi connectivity index (χ2v) is 4.86. The van der Waals surface area contributed by atoms with Crippen LogP contribution in [0.5, 0.6) is 0 Å². The van der Waals surface area contributed by atoms with Gasteiger partial charge < -0.3 is 4.90 Å². The highest BCUT2D eigenvalue weighted by molar-refractivity contribution is 6.31. The fraction of sp³-hybridized carbons (Fsp3) is 0.417. The molecule has 0 atom stereocenters. The summed E-state index contributed by atoms with van der Waals surface area (Å²) in [6, 6.07) is 4.23. The molecule has 0 unspecified atom stereocenters. The molecular formula is C12H13ClN2O3. The summed E-state index contributed by atoms with van der Waals surface area (Å²) < 4.78 is 0. The van der Waals surface area contributed by atoms with Crippen molar-refractivity contribution < 1.29 is 9.72 Å². The number of halogens is 1. The predicted molar refractivity (Wildman–Crippen MR) is 67.8 cm³/mol. The van der Waals surface area contributed by atoms with Gasteiger partial charge in [-0.3, -0.25) is 14.9 Å². The zero-order valence-electron chi connectivity index (χ0n) is 9.93. The fourth-order valence-electron chi connectivity index (χ4n) is 1.97. The molecule has 96 valence electrons. The van der Waals surface area contributed by atoms with E-state index in [-0.39, 0.29) is 23.2 Å². The number of carbonyl (C=O) groups is 1. The maximum absolute atomic E-state index is 12.2. The summed E-state index contributed by atoms with van der Waals surface area (Å²) in [5.74, 6) is -0.339. The first-order valence-electron chi connectivity index (χ1n) is 5.72. The van der Waals surface area contributed by atoms with Crippen LogP contribution in [0.25, 0.3) is 0 Å². The van der Waals surface area contributed by atoms with E-state index in [1.165, 1.54) is 18.2 Å². The highest BCUT2D eigenvalue weighted by Gasteiger charge is 2.30. The van der Waals surface area contributed by atoms with Crippen molar-refractivity contribution in [3.63, 3.8) is 0 Å². The average molecular weight is 269 g/mol. The van der Waals surface area contributed by atoms with Crippen LogP contribution in [0.4, 0.5) is 5.69 Å². The van der Waals surface area contributed by atoms with Crippen molar-refractivity contribution in [2.45, 2.75) is 25.3 Å². The molecule has 0 spiro atoms. The number of nitrogens with zero attached hydrogens (tertiary/aromatic N) is 2. The van der Waals surface area contributed by atoms with Crippen LogP contribution < -0.4 is 0 Å². The molecule has 0 radical (unpaired) electrons. The Labute approximate surface area is 109 Å². The zero-order valence-corrected chi connectivity index (χ0v) is 10.7. The Morgan fingerprint density at radius 3 is 2.67 bits per heavy atom. The first kappa shape index (κ1) is 12.8. The third-order valence-corrected chi connectivity index (χ3v) is 3.56. The minimum Gasteiger partial charge on any atom is -0.339 e. The summed E-state index contributed by atoms with van der Waals surface area (Å²) in [7, 11) is 1.68. The predicted octanol–water partition coefficient (Wildman–Crippen LogP) is 2.87. The number of amides is 1. The summed E-state index contributed by atoms with van der Waals surface area (Å²) in [5.41, 5.74) is -0.141. The molecule has 1 amide bonds. The number of rotatable bonds is 3. The number of nitro groups is 1. The van der Waals surface area contributed by atoms with Crippen LogP contribution >= 0.6 is 11.6 Å². The summed E-state index contributed by atoms with van der Waals surface area (Å²) in [4.78, 5) is 24.1. The van der Waals surface area contributed by atoms with Gasteiger partial charge in [0.2, 0.25) is 0 Å². The standard InChI is InChI=1S/C12H13ClN2O3/c1-14(9-3-2-4-9)12(16)10-7-8(13)5-6-11(10)15(17)18/h5-7,9H,2-4H2,1H3. The monoisotopic (exact) mass is 268 g/mol. The molecule has 0 heterocycles. The van der Waals surface area contributed by atoms with E-state index in [0.717, 1.165) is 19.3 Å². The van der Waals surface area contributed by atoms with E-state index in [1.807, 2.05) is 0 Å². The second-order valence-electron chi connectivity index (χ2n) is 4.42. The van der Waals surface area contributed by atoms with Crippen molar-refractivity contribution in [2.75, 3.05) is 7.05 Å². The first-order chi connectivity index (χ1) is 8.50. The topological polar surface area (TPSA) is 63.5 Å². The fourth-order valence-corrected chi connectivity index (χ4v) is 2.14. The number of hydrogen-bond donors (Lipinski definition) is 0. The van der Waals surface area contributed by atoms with E-state index in [9.17, 15) is 14.9 Å². The van der Waals surface area contributed by atoms with Gasteiger partial charge in [0.15, 0.2) is 0 Å². The molecule has 1 aromatic rings. The lowest BCUT2D eigenvalue weighted by atomic mass is 9.91. The van der Waals surface area contributed by atoms with Gasteiger partial charge in [-0.25, -0.2) is 0 Å². The van der Waals surface area contributed by atoms with Gasteiger partial charge in [0.05, 0.1) is 4.92 Å². The van der Waals surface area contributed by atoms with Crippen LogP contribution in [0.3, 0.4) is 0 Å². The van der Waals surface area contributed by atoms with Gasteiger partial charge in [-0.05, 0) is 31.4 Å². The summed E-state index contributed by atoms with van der Waals surface area (Å²) >= 11 is 5.80. The van der Waals surface area contributed by atoms with Gasteiger partial charge in [0.1, 0.15) is 5.56 Å². The van der Waals surface area contributed by atoms with Crippen LogP contribution in [0.1, 0.15) is 29.6 Å². The molecule has 1 saturated carbocycles. The maximum atomic E-state index is 12.2. The SMILES string of the molecule is CN(C(=O)c1cc(Cl)ccc1[N+](=O)[O-])C1CCC1. The molecule has 6 heteroatoms. The van der Waals surface area contributed by atoms with E-state index in [1.54, 1.807) is 11.9 Å². The normalized spacial score (nSPS) is 15.0. The van der Waals surface area contributed by atoms with Crippen LogP contribution in [0.15, 0.2) is 18.2 Å². The summed E-state index contributed by atoms with van der Waals surface area (Å²) in [6.45, 7) is 0. The smallest absolute Gasteiger partial charge is 0.282 e. The van der Waals surface area contributed by atoms with E-state index in [0.29, 0.717) is 5.02 Å². The van der Waals surface area contributed by atoms with Crippen LogP contribution in [-0.4, -0.2) is 28.8 Å². The lowest BCUT2D eigenvalue weighted by Gasteiger charge is -2.34. The number of hydrogen-bond acceptors (Lipinski definition) is 3. The number of nitro benzene ring substituents is 1. The van der Waals surface area contributed by atoms with Crippen molar-refractivity contribution in [3.8, 4) is 0 Å². The van der Waals surface area contributed by atoms with Crippen molar-refractivity contribution in [1.29, 1.82) is 0 Å². The minimum atomic E-state index is -0.557. The Morgan fingerprint density at radius 2 is 2.17 bits per heavy atom. The third-order valence-electron chi connectivity index (χ3n) is 3.33. The van der Waals surface area contributed by atoms with Crippen molar-refractivity contribution in [1.82, 2.24) is 4.90 Å². The maximum Gasteiger partial charge on any atom is 0.282 e. The molecule has 0 aliphatic heterocycles. The van der Waals surface area contributed by atoms with E-state index >= 15 is 0 Å². The second kappa shape index (κ2) is 4.94. The van der Waals surface area contributed by atoms with E-state index in [4.69, 9.17) is 11.6 Å². The lowest BCUT2D eigenvalue weighted by Crippen LogP contribution is -2.41. The molecule has 5 nitrogen and oxygen atoms in total. The molecule has 0 saturated heterocycles. The summed E-state index contributed by atoms with van der Waals surface area (Å²) in [6.07, 6.45) is 3.01. The molecular weight excluding hydrogens is 256 g/mol. The number of benzene rings is 1. The molecule has 2 rings (SSSR count). The average Bonchev–Trinajstić information content (AvgIpc) is 2.25. The highest BCUT2D eigenvalue weighted by Crippen LogP contribution is 2.28. The van der Waals surface area contributed by atoms with Gasteiger partial charge in [-0.1, -0.05) is 11.6 Å². The molecule has 18 heavy (non-hydrogen) atoms.